The summed E-state index contributed by atoms with van der Waals surface area (Å²) in [4.78, 5) is 8.82. The highest BCUT2D eigenvalue weighted by atomic mass is 16.5. The molecule has 0 aliphatic heterocycles. The third-order valence-corrected chi connectivity index (χ3v) is 3.89. The Hall–Kier alpha value is -3.55. The van der Waals surface area contributed by atoms with E-state index in [1.165, 1.54) is 0 Å². The lowest BCUT2D eigenvalue weighted by Crippen LogP contribution is -2.07. The van der Waals surface area contributed by atoms with Crippen LogP contribution in [0.3, 0.4) is 0 Å². The molecular formula is C18H17N5O3. The smallest absolute Gasteiger partial charge is 0.226 e. The zero-order chi connectivity index (χ0) is 17.9. The summed E-state index contributed by atoms with van der Waals surface area (Å²) in [6.07, 6.45) is 3.28. The molecule has 0 aliphatic rings. The molecule has 26 heavy (non-hydrogen) atoms. The van der Waals surface area contributed by atoms with Crippen LogP contribution in [0.5, 0.6) is 11.5 Å². The van der Waals surface area contributed by atoms with Crippen molar-refractivity contribution in [2.24, 2.45) is 0 Å². The van der Waals surface area contributed by atoms with Gasteiger partial charge in [0, 0.05) is 18.8 Å². The number of rotatable bonds is 6. The van der Waals surface area contributed by atoms with Crippen LogP contribution in [0.15, 0.2) is 53.3 Å². The van der Waals surface area contributed by atoms with Crippen LogP contribution >= 0.6 is 0 Å². The van der Waals surface area contributed by atoms with Crippen molar-refractivity contribution in [3.8, 4) is 23.1 Å². The SMILES string of the molecule is COc1ccc(CNc2nccc3nc(-c4ccco4)nn23)cc1OC. The molecule has 0 spiro atoms. The number of fused-ring (bicyclic) bond motifs is 1. The van der Waals surface area contributed by atoms with Gasteiger partial charge in [0.25, 0.3) is 0 Å². The number of nitrogens with zero attached hydrogens (tertiary/aromatic N) is 4. The third kappa shape index (κ3) is 2.92. The third-order valence-electron chi connectivity index (χ3n) is 3.89. The lowest BCUT2D eigenvalue weighted by Gasteiger charge is -2.10. The van der Waals surface area contributed by atoms with Crippen molar-refractivity contribution in [2.75, 3.05) is 19.5 Å². The molecule has 8 nitrogen and oxygen atoms in total. The van der Waals surface area contributed by atoms with Crippen molar-refractivity contribution >= 4 is 11.6 Å². The molecule has 0 radical (unpaired) electrons. The molecule has 0 saturated heterocycles. The molecule has 3 heterocycles. The first-order valence-electron chi connectivity index (χ1n) is 7.99. The highest BCUT2D eigenvalue weighted by molar-refractivity contribution is 5.54. The molecule has 0 aliphatic carbocycles. The Morgan fingerprint density at radius 3 is 2.77 bits per heavy atom. The second-order valence-corrected chi connectivity index (χ2v) is 5.49. The summed E-state index contributed by atoms with van der Waals surface area (Å²) in [5.74, 6) is 3.08. The predicted molar refractivity (Wildman–Crippen MR) is 95.4 cm³/mol. The van der Waals surface area contributed by atoms with Gasteiger partial charge in [-0.2, -0.15) is 4.52 Å². The fraction of sp³-hybridized carbons (Fsp3) is 0.167. The van der Waals surface area contributed by atoms with Crippen LogP contribution in [0.1, 0.15) is 5.56 Å². The Morgan fingerprint density at radius 1 is 1.12 bits per heavy atom. The Labute approximate surface area is 149 Å². The van der Waals surface area contributed by atoms with Crippen LogP contribution in [0.2, 0.25) is 0 Å². The lowest BCUT2D eigenvalue weighted by atomic mass is 10.2. The van der Waals surface area contributed by atoms with E-state index in [2.05, 4.69) is 20.4 Å². The van der Waals surface area contributed by atoms with E-state index in [1.54, 1.807) is 43.3 Å². The van der Waals surface area contributed by atoms with E-state index < -0.39 is 0 Å². The maximum absolute atomic E-state index is 5.36. The number of anilines is 1. The van der Waals surface area contributed by atoms with Gasteiger partial charge in [0.15, 0.2) is 22.9 Å². The van der Waals surface area contributed by atoms with Gasteiger partial charge >= 0.3 is 0 Å². The summed E-state index contributed by atoms with van der Waals surface area (Å²) >= 11 is 0. The summed E-state index contributed by atoms with van der Waals surface area (Å²) < 4.78 is 17.6. The second-order valence-electron chi connectivity index (χ2n) is 5.49. The minimum Gasteiger partial charge on any atom is -0.493 e. The van der Waals surface area contributed by atoms with E-state index in [0.29, 0.717) is 41.2 Å². The van der Waals surface area contributed by atoms with Crippen LogP contribution in [0, 0.1) is 0 Å². The quantitative estimate of drug-likeness (QED) is 0.571. The number of methoxy groups -OCH3 is 2. The molecule has 8 heteroatoms. The summed E-state index contributed by atoms with van der Waals surface area (Å²) in [6.45, 7) is 0.544. The summed E-state index contributed by atoms with van der Waals surface area (Å²) in [6, 6.07) is 11.2. The van der Waals surface area contributed by atoms with Crippen molar-refractivity contribution in [2.45, 2.75) is 6.54 Å². The van der Waals surface area contributed by atoms with Crippen LogP contribution in [-0.2, 0) is 6.54 Å². The minimum atomic E-state index is 0.511. The van der Waals surface area contributed by atoms with Crippen LogP contribution in [0.4, 0.5) is 5.95 Å². The maximum atomic E-state index is 5.36. The van der Waals surface area contributed by atoms with Crippen LogP contribution < -0.4 is 14.8 Å². The fourth-order valence-electron chi connectivity index (χ4n) is 2.62. The van der Waals surface area contributed by atoms with Gasteiger partial charge in [-0.3, -0.25) is 0 Å². The van der Waals surface area contributed by atoms with Gasteiger partial charge in [-0.05, 0) is 29.8 Å². The van der Waals surface area contributed by atoms with Gasteiger partial charge in [-0.25, -0.2) is 9.97 Å². The largest absolute Gasteiger partial charge is 0.493 e. The standard InChI is InChI=1S/C18H17N5O3/c1-24-13-6-5-12(10-15(13)25-2)11-20-18-19-8-7-16-21-17(22-23(16)18)14-4-3-9-26-14/h3-10H,11H2,1-2H3,(H,19,20). The van der Waals surface area contributed by atoms with E-state index in [0.717, 1.165) is 5.56 Å². The Kier molecular flexibility index (Phi) is 4.14. The van der Waals surface area contributed by atoms with Gasteiger partial charge in [-0.15, -0.1) is 5.10 Å². The molecule has 0 atom stereocenters. The average Bonchev–Trinajstić information content (AvgIpc) is 3.35. The molecule has 4 rings (SSSR count). The highest BCUT2D eigenvalue weighted by Crippen LogP contribution is 2.27. The van der Waals surface area contributed by atoms with Crippen molar-refractivity contribution in [1.82, 2.24) is 19.6 Å². The highest BCUT2D eigenvalue weighted by Gasteiger charge is 2.12. The average molecular weight is 351 g/mol. The topological polar surface area (TPSA) is 86.7 Å². The Bertz CT molecular complexity index is 1030. The first-order chi connectivity index (χ1) is 12.8. The number of aromatic nitrogens is 4. The number of benzene rings is 1. The Morgan fingerprint density at radius 2 is 2.00 bits per heavy atom. The minimum absolute atomic E-state index is 0.511. The monoisotopic (exact) mass is 351 g/mol. The molecule has 0 bridgehead atoms. The molecule has 4 aromatic rings. The summed E-state index contributed by atoms with van der Waals surface area (Å²) in [7, 11) is 3.23. The molecule has 132 valence electrons. The van der Waals surface area contributed by atoms with Crippen LogP contribution in [0.25, 0.3) is 17.2 Å². The molecule has 0 amide bonds. The summed E-state index contributed by atoms with van der Waals surface area (Å²) in [5, 5.41) is 7.74. The van der Waals surface area contributed by atoms with Gasteiger partial charge in [0.2, 0.25) is 11.8 Å². The van der Waals surface area contributed by atoms with E-state index in [9.17, 15) is 0 Å². The molecule has 0 unspecified atom stereocenters. The fourth-order valence-corrected chi connectivity index (χ4v) is 2.62. The van der Waals surface area contributed by atoms with Gasteiger partial charge < -0.3 is 19.2 Å². The van der Waals surface area contributed by atoms with E-state index >= 15 is 0 Å². The van der Waals surface area contributed by atoms with Crippen molar-refractivity contribution in [1.29, 1.82) is 0 Å². The Balaban J connectivity index is 1.59. The molecule has 0 saturated carbocycles. The molecular weight excluding hydrogens is 334 g/mol. The first-order valence-corrected chi connectivity index (χ1v) is 7.99. The molecule has 1 N–H and O–H groups in total. The van der Waals surface area contributed by atoms with Crippen molar-refractivity contribution in [3.63, 3.8) is 0 Å². The first kappa shape index (κ1) is 15.9. The second kappa shape index (κ2) is 6.75. The van der Waals surface area contributed by atoms with Crippen molar-refractivity contribution < 1.29 is 13.9 Å². The molecule has 1 aromatic carbocycles. The molecule has 3 aromatic heterocycles. The zero-order valence-corrected chi connectivity index (χ0v) is 14.3. The number of nitrogens with one attached hydrogen (secondary N) is 1. The molecule has 0 fully saturated rings. The van der Waals surface area contributed by atoms with E-state index in [1.807, 2.05) is 24.3 Å². The van der Waals surface area contributed by atoms with E-state index in [4.69, 9.17) is 13.9 Å². The summed E-state index contributed by atoms with van der Waals surface area (Å²) in [5.41, 5.74) is 1.70. The lowest BCUT2D eigenvalue weighted by molar-refractivity contribution is 0.354. The number of ether oxygens (including phenoxy) is 2. The van der Waals surface area contributed by atoms with Crippen LogP contribution in [-0.4, -0.2) is 33.8 Å². The maximum Gasteiger partial charge on any atom is 0.226 e. The zero-order valence-electron chi connectivity index (χ0n) is 14.3. The van der Waals surface area contributed by atoms with E-state index in [-0.39, 0.29) is 0 Å². The van der Waals surface area contributed by atoms with Gasteiger partial charge in [0.05, 0.1) is 20.5 Å². The number of furan rings is 1. The predicted octanol–water partition coefficient (Wildman–Crippen LogP) is 3.01. The normalized spacial score (nSPS) is 10.8. The number of hydrogen-bond donors (Lipinski definition) is 1. The van der Waals surface area contributed by atoms with Gasteiger partial charge in [-0.1, -0.05) is 6.07 Å². The van der Waals surface area contributed by atoms with Crippen molar-refractivity contribution in [3.05, 3.63) is 54.4 Å². The van der Waals surface area contributed by atoms with Gasteiger partial charge in [0.1, 0.15) is 0 Å². The number of hydrogen-bond acceptors (Lipinski definition) is 7.